The third kappa shape index (κ3) is 2.72. The van der Waals surface area contributed by atoms with Crippen molar-refractivity contribution >= 4 is 0 Å². The van der Waals surface area contributed by atoms with Gasteiger partial charge >= 0.3 is 0 Å². The standard InChI is InChI=1S/C13H16N2O2/c1-2-17-9-12(16)11-8-14-15-13(11)10-6-4-3-5-7-10/h3-8,12,16H,2,9H2,1H3,(H,14,15). The van der Waals surface area contributed by atoms with Gasteiger partial charge in [-0.2, -0.15) is 5.10 Å². The number of aromatic nitrogens is 2. The van der Waals surface area contributed by atoms with E-state index in [1.807, 2.05) is 37.3 Å². The van der Waals surface area contributed by atoms with Crippen LogP contribution in [-0.4, -0.2) is 28.5 Å². The highest BCUT2D eigenvalue weighted by Crippen LogP contribution is 2.25. The van der Waals surface area contributed by atoms with Gasteiger partial charge in [-0.1, -0.05) is 30.3 Å². The molecule has 0 aliphatic heterocycles. The number of hydrogen-bond acceptors (Lipinski definition) is 3. The highest BCUT2D eigenvalue weighted by molar-refractivity contribution is 5.62. The fourth-order valence-electron chi connectivity index (χ4n) is 1.70. The summed E-state index contributed by atoms with van der Waals surface area (Å²) in [5, 5.41) is 16.9. The van der Waals surface area contributed by atoms with Crippen molar-refractivity contribution < 1.29 is 9.84 Å². The minimum absolute atomic E-state index is 0.288. The van der Waals surface area contributed by atoms with Crippen LogP contribution in [0.15, 0.2) is 36.5 Å². The summed E-state index contributed by atoms with van der Waals surface area (Å²) in [5.74, 6) is 0. The number of benzene rings is 1. The van der Waals surface area contributed by atoms with Gasteiger partial charge in [-0.15, -0.1) is 0 Å². The van der Waals surface area contributed by atoms with Crippen molar-refractivity contribution in [3.63, 3.8) is 0 Å². The van der Waals surface area contributed by atoms with Gasteiger partial charge in [-0.25, -0.2) is 0 Å². The molecule has 1 aromatic carbocycles. The zero-order chi connectivity index (χ0) is 12.1. The van der Waals surface area contributed by atoms with Crippen LogP contribution >= 0.6 is 0 Å². The summed E-state index contributed by atoms with van der Waals surface area (Å²) in [7, 11) is 0. The van der Waals surface area contributed by atoms with E-state index in [0.717, 1.165) is 16.8 Å². The van der Waals surface area contributed by atoms with Crippen LogP contribution in [0.3, 0.4) is 0 Å². The predicted molar refractivity (Wildman–Crippen MR) is 65.5 cm³/mol. The Bertz CT molecular complexity index is 453. The summed E-state index contributed by atoms with van der Waals surface area (Å²) in [6.45, 7) is 2.78. The Hall–Kier alpha value is -1.65. The lowest BCUT2D eigenvalue weighted by atomic mass is 10.0. The van der Waals surface area contributed by atoms with Crippen LogP contribution in [-0.2, 0) is 4.74 Å². The van der Waals surface area contributed by atoms with Crippen LogP contribution in [0.5, 0.6) is 0 Å². The van der Waals surface area contributed by atoms with Crippen molar-refractivity contribution in [1.29, 1.82) is 0 Å². The number of nitrogens with one attached hydrogen (secondary N) is 1. The molecule has 1 unspecified atom stereocenters. The average Bonchev–Trinajstić information content (AvgIpc) is 2.86. The largest absolute Gasteiger partial charge is 0.386 e. The van der Waals surface area contributed by atoms with E-state index in [4.69, 9.17) is 4.74 Å². The molecule has 1 atom stereocenters. The van der Waals surface area contributed by atoms with Gasteiger partial charge in [-0.05, 0) is 12.5 Å². The molecule has 4 nitrogen and oxygen atoms in total. The van der Waals surface area contributed by atoms with Gasteiger partial charge in [0.1, 0.15) is 6.10 Å². The van der Waals surface area contributed by atoms with Gasteiger partial charge in [0.2, 0.25) is 0 Å². The molecule has 0 saturated heterocycles. The van der Waals surface area contributed by atoms with E-state index in [-0.39, 0.29) is 6.61 Å². The molecule has 4 heteroatoms. The van der Waals surface area contributed by atoms with E-state index in [1.165, 1.54) is 0 Å². The first-order valence-electron chi connectivity index (χ1n) is 5.67. The third-order valence-corrected chi connectivity index (χ3v) is 2.57. The Morgan fingerprint density at radius 3 is 2.82 bits per heavy atom. The van der Waals surface area contributed by atoms with Crippen LogP contribution < -0.4 is 0 Å². The summed E-state index contributed by atoms with van der Waals surface area (Å²) in [4.78, 5) is 0. The first kappa shape index (κ1) is 11.8. The second kappa shape index (κ2) is 5.61. The van der Waals surface area contributed by atoms with Gasteiger partial charge in [0.25, 0.3) is 0 Å². The molecule has 17 heavy (non-hydrogen) atoms. The molecule has 0 spiro atoms. The number of aliphatic hydroxyl groups is 1. The average molecular weight is 232 g/mol. The molecule has 2 N–H and O–H groups in total. The number of aromatic amines is 1. The normalized spacial score (nSPS) is 12.6. The molecule has 0 aliphatic rings. The quantitative estimate of drug-likeness (QED) is 0.830. The number of ether oxygens (including phenoxy) is 1. The number of hydrogen-bond donors (Lipinski definition) is 2. The van der Waals surface area contributed by atoms with Crippen molar-refractivity contribution in [3.8, 4) is 11.3 Å². The zero-order valence-corrected chi connectivity index (χ0v) is 9.76. The molecular weight excluding hydrogens is 216 g/mol. The zero-order valence-electron chi connectivity index (χ0n) is 9.76. The Morgan fingerprint density at radius 2 is 2.12 bits per heavy atom. The van der Waals surface area contributed by atoms with Gasteiger partial charge in [-0.3, -0.25) is 5.10 Å². The second-order valence-electron chi connectivity index (χ2n) is 3.74. The predicted octanol–water partition coefficient (Wildman–Crippen LogP) is 2.15. The van der Waals surface area contributed by atoms with E-state index in [2.05, 4.69) is 10.2 Å². The minimum atomic E-state index is -0.649. The Labute approximate surface area is 100 Å². The molecule has 90 valence electrons. The van der Waals surface area contributed by atoms with Crippen LogP contribution in [0.1, 0.15) is 18.6 Å². The fraction of sp³-hybridized carbons (Fsp3) is 0.308. The first-order valence-corrected chi connectivity index (χ1v) is 5.67. The topological polar surface area (TPSA) is 58.1 Å². The Balaban J connectivity index is 2.23. The van der Waals surface area contributed by atoms with Gasteiger partial charge in [0.05, 0.1) is 18.5 Å². The van der Waals surface area contributed by atoms with E-state index >= 15 is 0 Å². The molecule has 1 aromatic heterocycles. The van der Waals surface area contributed by atoms with Crippen LogP contribution in [0.25, 0.3) is 11.3 Å². The van der Waals surface area contributed by atoms with Crippen molar-refractivity contribution in [2.75, 3.05) is 13.2 Å². The molecule has 0 fully saturated rings. The van der Waals surface area contributed by atoms with Crippen molar-refractivity contribution in [1.82, 2.24) is 10.2 Å². The van der Waals surface area contributed by atoms with Crippen molar-refractivity contribution in [3.05, 3.63) is 42.1 Å². The van der Waals surface area contributed by atoms with E-state index in [1.54, 1.807) is 6.20 Å². The first-order chi connectivity index (χ1) is 8.33. The van der Waals surface area contributed by atoms with Crippen LogP contribution in [0.2, 0.25) is 0 Å². The maximum absolute atomic E-state index is 10.00. The van der Waals surface area contributed by atoms with Crippen LogP contribution in [0.4, 0.5) is 0 Å². The smallest absolute Gasteiger partial charge is 0.106 e. The monoisotopic (exact) mass is 232 g/mol. The van der Waals surface area contributed by atoms with E-state index < -0.39 is 6.10 Å². The SMILES string of the molecule is CCOCC(O)c1cn[nH]c1-c1ccccc1. The highest BCUT2D eigenvalue weighted by atomic mass is 16.5. The van der Waals surface area contributed by atoms with E-state index in [0.29, 0.717) is 6.61 Å². The highest BCUT2D eigenvalue weighted by Gasteiger charge is 2.15. The molecule has 0 bridgehead atoms. The molecule has 2 aromatic rings. The Morgan fingerprint density at radius 1 is 1.35 bits per heavy atom. The summed E-state index contributed by atoms with van der Waals surface area (Å²) < 4.78 is 5.22. The second-order valence-corrected chi connectivity index (χ2v) is 3.74. The van der Waals surface area contributed by atoms with E-state index in [9.17, 15) is 5.11 Å². The molecule has 2 rings (SSSR count). The lowest BCUT2D eigenvalue weighted by Gasteiger charge is -2.10. The number of rotatable bonds is 5. The molecule has 0 radical (unpaired) electrons. The molecule has 0 amide bonds. The fourth-order valence-corrected chi connectivity index (χ4v) is 1.70. The molecule has 0 aliphatic carbocycles. The summed E-state index contributed by atoms with van der Waals surface area (Å²) in [5.41, 5.74) is 2.62. The lowest BCUT2D eigenvalue weighted by molar-refractivity contribution is 0.0423. The summed E-state index contributed by atoms with van der Waals surface area (Å²) >= 11 is 0. The number of H-pyrrole nitrogens is 1. The maximum atomic E-state index is 10.00. The molecule has 1 heterocycles. The number of aliphatic hydroxyl groups excluding tert-OH is 1. The summed E-state index contributed by atoms with van der Waals surface area (Å²) in [6, 6.07) is 9.81. The Kier molecular flexibility index (Phi) is 3.90. The third-order valence-electron chi connectivity index (χ3n) is 2.57. The minimum Gasteiger partial charge on any atom is -0.386 e. The summed E-state index contributed by atoms with van der Waals surface area (Å²) in [6.07, 6.45) is 0.996. The lowest BCUT2D eigenvalue weighted by Crippen LogP contribution is -2.07. The van der Waals surface area contributed by atoms with Gasteiger partial charge in [0.15, 0.2) is 0 Å². The number of nitrogens with zero attached hydrogens (tertiary/aromatic N) is 1. The van der Waals surface area contributed by atoms with Crippen LogP contribution in [0, 0.1) is 0 Å². The van der Waals surface area contributed by atoms with Gasteiger partial charge in [0, 0.05) is 12.2 Å². The molecular formula is C13H16N2O2. The molecule has 0 saturated carbocycles. The van der Waals surface area contributed by atoms with Crippen molar-refractivity contribution in [2.24, 2.45) is 0 Å². The maximum Gasteiger partial charge on any atom is 0.106 e. The van der Waals surface area contributed by atoms with Crippen molar-refractivity contribution in [2.45, 2.75) is 13.0 Å². The van der Waals surface area contributed by atoms with Gasteiger partial charge < -0.3 is 9.84 Å².